The number of thioether (sulfide) groups is 1. The largest absolute Gasteiger partial charge is 0.496 e. The number of anilines is 1. The Bertz CT molecular complexity index is 1670. The van der Waals surface area contributed by atoms with Gasteiger partial charge in [-0.05, 0) is 43.2 Å². The summed E-state index contributed by atoms with van der Waals surface area (Å²) >= 11 is 1.21. The molecule has 2 atom stereocenters. The number of aliphatic imine (C=N–C) groups is 2. The average Bonchev–Trinajstić information content (AvgIpc) is 3.65. The number of amidine groups is 2. The Morgan fingerprint density at radius 1 is 1.09 bits per heavy atom. The molecule has 44 heavy (non-hydrogen) atoms. The highest BCUT2D eigenvalue weighted by molar-refractivity contribution is 8.15. The number of hydrogen-bond acceptors (Lipinski definition) is 9. The van der Waals surface area contributed by atoms with Gasteiger partial charge in [-0.15, -0.1) is 0 Å². The molecule has 2 N–H and O–H groups in total. The number of carbonyl (C=O) groups excluding carboxylic acids is 3. The summed E-state index contributed by atoms with van der Waals surface area (Å²) in [6.07, 6.45) is 0.845. The molecule has 6 rings (SSSR count). The lowest BCUT2D eigenvalue weighted by Crippen LogP contribution is -2.42. The average molecular weight is 614 g/mol. The Balaban J connectivity index is 1.14. The third-order valence-electron chi connectivity index (χ3n) is 7.41. The molecule has 0 spiro atoms. The van der Waals surface area contributed by atoms with E-state index in [4.69, 9.17) is 24.2 Å². The summed E-state index contributed by atoms with van der Waals surface area (Å²) in [5.74, 6) is 1.68. The molecule has 0 unspecified atom stereocenters. The first-order valence-electron chi connectivity index (χ1n) is 14.3. The molecule has 0 fully saturated rings. The second-order valence-corrected chi connectivity index (χ2v) is 11.4. The SMILES string of the molecule is CC[C@@H](SC1=Nc2ccccc2C2=N[C@H](CCC(=O)NCc3ccccc3OC)C(=O)N12)C(=O)Nc1ccc2c(c1)OCO2. The summed E-state index contributed by atoms with van der Waals surface area (Å²) in [5.41, 5.74) is 2.84. The molecule has 3 aliphatic heterocycles. The van der Waals surface area contributed by atoms with Gasteiger partial charge in [0.1, 0.15) is 17.6 Å². The van der Waals surface area contributed by atoms with Crippen molar-refractivity contribution in [1.29, 1.82) is 0 Å². The van der Waals surface area contributed by atoms with Gasteiger partial charge in [-0.2, -0.15) is 0 Å². The topological polar surface area (TPSA) is 131 Å². The highest BCUT2D eigenvalue weighted by atomic mass is 32.2. The van der Waals surface area contributed by atoms with Crippen molar-refractivity contribution in [1.82, 2.24) is 10.2 Å². The van der Waals surface area contributed by atoms with Crippen LogP contribution < -0.4 is 24.8 Å². The summed E-state index contributed by atoms with van der Waals surface area (Å²) < 4.78 is 16.1. The minimum absolute atomic E-state index is 0.118. The van der Waals surface area contributed by atoms with Crippen LogP contribution in [0.25, 0.3) is 0 Å². The zero-order chi connectivity index (χ0) is 30.6. The van der Waals surface area contributed by atoms with Crippen LogP contribution in [0.1, 0.15) is 37.3 Å². The van der Waals surface area contributed by atoms with E-state index in [1.54, 1.807) is 25.3 Å². The molecule has 3 amide bonds. The molecule has 0 radical (unpaired) electrons. The van der Waals surface area contributed by atoms with E-state index in [1.165, 1.54) is 16.7 Å². The summed E-state index contributed by atoms with van der Waals surface area (Å²) in [7, 11) is 1.59. The van der Waals surface area contributed by atoms with Gasteiger partial charge in [-0.3, -0.25) is 19.4 Å². The van der Waals surface area contributed by atoms with Crippen LogP contribution >= 0.6 is 11.8 Å². The number of methoxy groups -OCH3 is 1. The highest BCUT2D eigenvalue weighted by Crippen LogP contribution is 2.37. The number of ether oxygens (including phenoxy) is 3. The maximum Gasteiger partial charge on any atom is 0.259 e. The molecule has 0 aliphatic carbocycles. The number of benzene rings is 3. The fourth-order valence-electron chi connectivity index (χ4n) is 5.11. The van der Waals surface area contributed by atoms with Crippen LogP contribution in [-0.4, -0.2) is 58.8 Å². The predicted molar refractivity (Wildman–Crippen MR) is 168 cm³/mol. The first-order valence-corrected chi connectivity index (χ1v) is 15.2. The summed E-state index contributed by atoms with van der Waals surface area (Å²) in [5, 5.41) is 5.67. The monoisotopic (exact) mass is 613 g/mol. The molecule has 3 aromatic carbocycles. The van der Waals surface area contributed by atoms with E-state index in [0.717, 1.165) is 11.1 Å². The first kappa shape index (κ1) is 29.2. The van der Waals surface area contributed by atoms with Crippen molar-refractivity contribution in [2.24, 2.45) is 9.98 Å². The van der Waals surface area contributed by atoms with E-state index in [0.29, 0.717) is 52.6 Å². The van der Waals surface area contributed by atoms with Crippen LogP contribution in [0.4, 0.5) is 11.4 Å². The molecular formula is C32H31N5O6S. The molecule has 3 aliphatic rings. The van der Waals surface area contributed by atoms with E-state index < -0.39 is 11.3 Å². The Morgan fingerprint density at radius 2 is 1.89 bits per heavy atom. The van der Waals surface area contributed by atoms with Gasteiger partial charge < -0.3 is 24.8 Å². The minimum atomic E-state index is -0.749. The van der Waals surface area contributed by atoms with Gasteiger partial charge in [0.2, 0.25) is 18.6 Å². The zero-order valence-electron chi connectivity index (χ0n) is 24.2. The van der Waals surface area contributed by atoms with Gasteiger partial charge in [0, 0.05) is 35.8 Å². The van der Waals surface area contributed by atoms with Crippen LogP contribution in [0.15, 0.2) is 76.7 Å². The maximum atomic E-state index is 13.7. The van der Waals surface area contributed by atoms with Crippen molar-refractivity contribution in [3.63, 3.8) is 0 Å². The van der Waals surface area contributed by atoms with Crippen LogP contribution in [0.3, 0.4) is 0 Å². The third-order valence-corrected chi connectivity index (χ3v) is 8.73. The molecule has 11 nitrogen and oxygen atoms in total. The molecule has 0 saturated heterocycles. The molecule has 3 heterocycles. The number of para-hydroxylation sites is 2. The third kappa shape index (κ3) is 5.98. The fourth-order valence-corrected chi connectivity index (χ4v) is 6.13. The Morgan fingerprint density at radius 3 is 2.73 bits per heavy atom. The maximum absolute atomic E-state index is 13.7. The number of amides is 3. The van der Waals surface area contributed by atoms with Gasteiger partial charge in [0.25, 0.3) is 5.91 Å². The van der Waals surface area contributed by atoms with Gasteiger partial charge in [-0.25, -0.2) is 9.89 Å². The van der Waals surface area contributed by atoms with Crippen LogP contribution in [0, 0.1) is 0 Å². The number of fused-ring (bicyclic) bond motifs is 4. The van der Waals surface area contributed by atoms with Crippen molar-refractivity contribution in [3.05, 3.63) is 77.9 Å². The lowest BCUT2D eigenvalue weighted by molar-refractivity contribution is -0.125. The van der Waals surface area contributed by atoms with Crippen LogP contribution in [0.2, 0.25) is 0 Å². The number of hydrogen-bond donors (Lipinski definition) is 2. The number of nitrogens with one attached hydrogen (secondary N) is 2. The van der Waals surface area contributed by atoms with E-state index >= 15 is 0 Å². The normalized spacial score (nSPS) is 16.8. The molecular weight excluding hydrogens is 582 g/mol. The molecule has 0 bridgehead atoms. The lowest BCUT2D eigenvalue weighted by atomic mass is 10.1. The van der Waals surface area contributed by atoms with Crippen LogP contribution in [-0.2, 0) is 20.9 Å². The Labute approximate surface area is 258 Å². The lowest BCUT2D eigenvalue weighted by Gasteiger charge is -2.27. The van der Waals surface area contributed by atoms with E-state index in [-0.39, 0.29) is 37.4 Å². The summed E-state index contributed by atoms with van der Waals surface area (Å²) in [6, 6.07) is 19.4. The predicted octanol–water partition coefficient (Wildman–Crippen LogP) is 4.63. The fraction of sp³-hybridized carbons (Fsp3) is 0.281. The molecule has 12 heteroatoms. The van der Waals surface area contributed by atoms with E-state index in [2.05, 4.69) is 10.6 Å². The molecule has 3 aromatic rings. The Kier molecular flexibility index (Phi) is 8.51. The number of rotatable bonds is 10. The van der Waals surface area contributed by atoms with E-state index in [9.17, 15) is 14.4 Å². The summed E-state index contributed by atoms with van der Waals surface area (Å²) in [4.78, 5) is 50.8. The van der Waals surface area contributed by atoms with Crippen molar-refractivity contribution in [3.8, 4) is 17.2 Å². The minimum Gasteiger partial charge on any atom is -0.496 e. The standard InChI is InChI=1S/C32H31N5O6S/c1-3-27(30(39)34-20-12-14-25-26(16-20)43-18-42-25)44-32-36-22-10-6-5-9-21(22)29-35-23(31(40)37(29)32)13-15-28(38)33-17-19-8-4-7-11-24(19)41-2/h4-12,14,16,23,27H,3,13,15,17-18H2,1-2H3,(H,33,38)(H,34,39)/t23-,27-/m1/s1. The highest BCUT2D eigenvalue weighted by Gasteiger charge is 2.42. The van der Waals surface area contributed by atoms with Gasteiger partial charge in [-0.1, -0.05) is 49.0 Å². The van der Waals surface area contributed by atoms with Crippen molar-refractivity contribution in [2.75, 3.05) is 19.2 Å². The second kappa shape index (κ2) is 12.8. The van der Waals surface area contributed by atoms with Crippen LogP contribution in [0.5, 0.6) is 17.2 Å². The van der Waals surface area contributed by atoms with Gasteiger partial charge >= 0.3 is 0 Å². The summed E-state index contributed by atoms with van der Waals surface area (Å²) in [6.45, 7) is 2.36. The molecule has 0 saturated carbocycles. The van der Waals surface area contributed by atoms with Crippen molar-refractivity contribution < 1.29 is 28.6 Å². The van der Waals surface area contributed by atoms with Gasteiger partial charge in [0.05, 0.1) is 18.0 Å². The second-order valence-electron chi connectivity index (χ2n) is 10.3. The van der Waals surface area contributed by atoms with Crippen molar-refractivity contribution in [2.45, 2.75) is 44.0 Å². The number of nitrogens with zero attached hydrogens (tertiary/aromatic N) is 3. The van der Waals surface area contributed by atoms with Crippen molar-refractivity contribution >= 4 is 51.9 Å². The van der Waals surface area contributed by atoms with Gasteiger partial charge in [0.15, 0.2) is 16.7 Å². The quantitative estimate of drug-likeness (QED) is 0.341. The zero-order valence-corrected chi connectivity index (χ0v) is 25.1. The first-order chi connectivity index (χ1) is 21.4. The van der Waals surface area contributed by atoms with E-state index in [1.807, 2.05) is 55.5 Å². The Hall–Kier alpha value is -4.84. The number of carbonyl (C=O) groups is 3. The smallest absolute Gasteiger partial charge is 0.259 e. The molecule has 0 aromatic heterocycles. The molecule has 226 valence electrons.